The smallest absolute Gasteiger partial charge is 0.410 e. The zero-order chi connectivity index (χ0) is 20.4. The van der Waals surface area contributed by atoms with Crippen molar-refractivity contribution < 1.29 is 9.53 Å². The zero-order valence-electron chi connectivity index (χ0n) is 18.0. The fraction of sp³-hybridized carbons (Fsp3) is 0.762. The van der Waals surface area contributed by atoms with Crippen LogP contribution in [-0.2, 0) is 4.74 Å². The van der Waals surface area contributed by atoms with Crippen LogP contribution >= 0.6 is 0 Å². The van der Waals surface area contributed by atoms with Crippen LogP contribution in [0.5, 0.6) is 0 Å². The third-order valence-electron chi connectivity index (χ3n) is 6.68. The lowest BCUT2D eigenvalue weighted by Gasteiger charge is -2.38. The van der Waals surface area contributed by atoms with Gasteiger partial charge in [-0.3, -0.25) is 0 Å². The molecule has 8 heteroatoms. The number of hydrogen-bond donors (Lipinski definition) is 0. The van der Waals surface area contributed by atoms with E-state index < -0.39 is 0 Å². The normalized spacial score (nSPS) is 24.7. The Hall–Kier alpha value is -1.93. The molecule has 0 N–H and O–H groups in total. The summed E-state index contributed by atoms with van der Waals surface area (Å²) >= 11 is 0. The molecule has 1 atom stereocenters. The van der Waals surface area contributed by atoms with Crippen molar-refractivity contribution in [2.45, 2.75) is 44.2 Å². The van der Waals surface area contributed by atoms with Crippen LogP contribution in [0.15, 0.2) is 12.3 Å². The molecule has 1 aromatic rings. The molecule has 1 unspecified atom stereocenters. The van der Waals surface area contributed by atoms with E-state index in [0.717, 1.165) is 76.7 Å². The van der Waals surface area contributed by atoms with E-state index in [4.69, 9.17) is 4.74 Å². The number of likely N-dealkylation sites (tertiary alicyclic amines) is 1. The molecule has 0 saturated carbocycles. The van der Waals surface area contributed by atoms with Gasteiger partial charge in [-0.05, 0) is 53.0 Å². The second kappa shape index (κ2) is 8.44. The van der Waals surface area contributed by atoms with E-state index in [1.807, 2.05) is 17.9 Å². The Labute approximate surface area is 173 Å². The monoisotopic (exact) mass is 402 g/mol. The van der Waals surface area contributed by atoms with Gasteiger partial charge in [0.1, 0.15) is 17.2 Å². The molecular weight excluding hydrogens is 368 g/mol. The summed E-state index contributed by atoms with van der Waals surface area (Å²) in [5, 5.41) is 0. The summed E-state index contributed by atoms with van der Waals surface area (Å²) in [5.74, 6) is 1.76. The quantitative estimate of drug-likeness (QED) is 0.716. The molecule has 1 amide bonds. The van der Waals surface area contributed by atoms with Gasteiger partial charge in [0.15, 0.2) is 0 Å². The highest BCUT2D eigenvalue weighted by Gasteiger charge is 2.46. The maximum Gasteiger partial charge on any atom is 0.410 e. The van der Waals surface area contributed by atoms with Crippen LogP contribution < -0.4 is 4.90 Å². The highest BCUT2D eigenvalue weighted by molar-refractivity contribution is 5.70. The van der Waals surface area contributed by atoms with Gasteiger partial charge in [-0.15, -0.1) is 0 Å². The van der Waals surface area contributed by atoms with Crippen molar-refractivity contribution in [1.29, 1.82) is 0 Å². The second-order valence-corrected chi connectivity index (χ2v) is 8.98. The molecular formula is C21H34N6O2. The molecule has 160 valence electrons. The number of piperidine rings is 1. The van der Waals surface area contributed by atoms with E-state index in [2.05, 4.69) is 38.8 Å². The highest BCUT2D eigenvalue weighted by atomic mass is 16.6. The third-order valence-corrected chi connectivity index (χ3v) is 6.68. The first-order chi connectivity index (χ1) is 13.9. The lowest BCUT2D eigenvalue weighted by atomic mass is 9.91. The van der Waals surface area contributed by atoms with Crippen molar-refractivity contribution >= 4 is 11.9 Å². The molecule has 0 bridgehead atoms. The second-order valence-electron chi connectivity index (χ2n) is 8.98. The molecule has 1 spiro atoms. The number of aromatic nitrogens is 2. The lowest BCUT2D eigenvalue weighted by molar-refractivity contribution is 0.0366. The van der Waals surface area contributed by atoms with Gasteiger partial charge in [-0.1, -0.05) is 0 Å². The van der Waals surface area contributed by atoms with Gasteiger partial charge < -0.3 is 24.3 Å². The van der Waals surface area contributed by atoms with Gasteiger partial charge in [0.25, 0.3) is 0 Å². The SMILES string of the molecule is Cc1nccc(N2CCC3(CC2)CN(CCCN2CCC(N(C)C)C2)C(=O)O3)n1. The summed E-state index contributed by atoms with van der Waals surface area (Å²) in [5.41, 5.74) is -0.320. The molecule has 4 rings (SSSR count). The molecule has 0 aromatic carbocycles. The molecule has 3 aliphatic rings. The summed E-state index contributed by atoms with van der Waals surface area (Å²) < 4.78 is 5.89. The Morgan fingerprint density at radius 2 is 2.03 bits per heavy atom. The summed E-state index contributed by atoms with van der Waals surface area (Å²) in [6.45, 7) is 8.50. The lowest BCUT2D eigenvalue weighted by Crippen LogP contribution is -2.47. The van der Waals surface area contributed by atoms with Crippen molar-refractivity contribution in [3.05, 3.63) is 18.1 Å². The van der Waals surface area contributed by atoms with Crippen molar-refractivity contribution in [2.24, 2.45) is 0 Å². The number of ether oxygens (including phenoxy) is 1. The number of likely N-dealkylation sites (N-methyl/N-ethyl adjacent to an activating group) is 1. The Morgan fingerprint density at radius 3 is 2.72 bits per heavy atom. The van der Waals surface area contributed by atoms with Crippen molar-refractivity contribution in [1.82, 2.24) is 24.7 Å². The van der Waals surface area contributed by atoms with Crippen molar-refractivity contribution in [3.8, 4) is 0 Å². The first-order valence-electron chi connectivity index (χ1n) is 10.9. The van der Waals surface area contributed by atoms with Gasteiger partial charge >= 0.3 is 6.09 Å². The van der Waals surface area contributed by atoms with Crippen LogP contribution in [0.2, 0.25) is 0 Å². The average molecular weight is 403 g/mol. The summed E-state index contributed by atoms with van der Waals surface area (Å²) in [7, 11) is 4.32. The topological polar surface area (TPSA) is 65.0 Å². The van der Waals surface area contributed by atoms with Crippen LogP contribution in [0.1, 0.15) is 31.5 Å². The van der Waals surface area contributed by atoms with E-state index in [1.54, 1.807) is 6.20 Å². The minimum Gasteiger partial charge on any atom is -0.441 e. The molecule has 3 saturated heterocycles. The van der Waals surface area contributed by atoms with Gasteiger partial charge in [0.05, 0.1) is 6.54 Å². The Kier molecular flexibility index (Phi) is 5.92. The molecule has 0 radical (unpaired) electrons. The van der Waals surface area contributed by atoms with Gasteiger partial charge in [-0.2, -0.15) is 0 Å². The number of carbonyl (C=O) groups is 1. The number of carbonyl (C=O) groups excluding carboxylic acids is 1. The van der Waals surface area contributed by atoms with Gasteiger partial charge in [0, 0.05) is 51.3 Å². The van der Waals surface area contributed by atoms with E-state index in [1.165, 1.54) is 6.42 Å². The third kappa shape index (κ3) is 4.64. The van der Waals surface area contributed by atoms with Crippen LogP contribution in [0.4, 0.5) is 10.6 Å². The van der Waals surface area contributed by atoms with Crippen molar-refractivity contribution in [3.63, 3.8) is 0 Å². The first kappa shape index (κ1) is 20.3. The molecule has 3 fully saturated rings. The van der Waals surface area contributed by atoms with E-state index in [0.29, 0.717) is 6.04 Å². The van der Waals surface area contributed by atoms with Gasteiger partial charge in [0.2, 0.25) is 0 Å². The van der Waals surface area contributed by atoms with Crippen LogP contribution in [0.25, 0.3) is 0 Å². The summed E-state index contributed by atoms with van der Waals surface area (Å²) in [6, 6.07) is 2.62. The van der Waals surface area contributed by atoms with Crippen LogP contribution in [0, 0.1) is 6.92 Å². The molecule has 4 heterocycles. The number of hydrogen-bond acceptors (Lipinski definition) is 7. The van der Waals surface area contributed by atoms with E-state index in [-0.39, 0.29) is 11.7 Å². The predicted molar refractivity (Wildman–Crippen MR) is 112 cm³/mol. The number of anilines is 1. The molecule has 1 aromatic heterocycles. The number of nitrogens with zero attached hydrogens (tertiary/aromatic N) is 6. The summed E-state index contributed by atoms with van der Waals surface area (Å²) in [6.07, 6.45) is 5.63. The van der Waals surface area contributed by atoms with Crippen LogP contribution in [-0.4, -0.2) is 102 Å². The number of amides is 1. The minimum absolute atomic E-state index is 0.135. The predicted octanol–water partition coefficient (Wildman–Crippen LogP) is 1.60. The number of rotatable bonds is 6. The molecule has 29 heavy (non-hydrogen) atoms. The van der Waals surface area contributed by atoms with Gasteiger partial charge in [-0.25, -0.2) is 14.8 Å². The first-order valence-corrected chi connectivity index (χ1v) is 10.9. The standard InChI is InChI=1S/C21H34N6O2/c1-17-22-9-5-19(23-17)26-13-7-21(8-14-26)16-27(20(28)29-21)11-4-10-25-12-6-18(15-25)24(2)3/h5,9,18H,4,6-8,10-16H2,1-3H3. The Balaban J connectivity index is 1.23. The van der Waals surface area contributed by atoms with Crippen molar-refractivity contribution in [2.75, 3.05) is 64.8 Å². The molecule has 3 aliphatic heterocycles. The Bertz CT molecular complexity index is 719. The maximum atomic E-state index is 12.5. The fourth-order valence-electron chi connectivity index (χ4n) is 4.81. The van der Waals surface area contributed by atoms with Crippen LogP contribution in [0.3, 0.4) is 0 Å². The minimum atomic E-state index is -0.320. The van der Waals surface area contributed by atoms with E-state index in [9.17, 15) is 4.79 Å². The molecule has 8 nitrogen and oxygen atoms in total. The average Bonchev–Trinajstić information content (AvgIpc) is 3.28. The maximum absolute atomic E-state index is 12.5. The number of aryl methyl sites for hydroxylation is 1. The highest BCUT2D eigenvalue weighted by Crippen LogP contribution is 2.34. The molecule has 0 aliphatic carbocycles. The zero-order valence-corrected chi connectivity index (χ0v) is 18.0. The fourth-order valence-corrected chi connectivity index (χ4v) is 4.81. The summed E-state index contributed by atoms with van der Waals surface area (Å²) in [4.78, 5) is 30.2. The largest absolute Gasteiger partial charge is 0.441 e. The van der Waals surface area contributed by atoms with E-state index >= 15 is 0 Å². The Morgan fingerprint density at radius 1 is 1.24 bits per heavy atom.